The maximum absolute atomic E-state index is 13.3. The largest absolute Gasteiger partial charge is 0.493 e. The maximum atomic E-state index is 13.3. The molecule has 0 radical (unpaired) electrons. The van der Waals surface area contributed by atoms with Crippen molar-refractivity contribution in [3.63, 3.8) is 0 Å². The predicted molar refractivity (Wildman–Crippen MR) is 151 cm³/mol. The van der Waals surface area contributed by atoms with Crippen molar-refractivity contribution in [1.29, 1.82) is 0 Å². The summed E-state index contributed by atoms with van der Waals surface area (Å²) in [5, 5.41) is 15.2. The molecule has 10 nitrogen and oxygen atoms in total. The van der Waals surface area contributed by atoms with Crippen molar-refractivity contribution in [1.82, 2.24) is 9.24 Å². The van der Waals surface area contributed by atoms with E-state index in [-0.39, 0.29) is 5.76 Å². The first-order valence-corrected chi connectivity index (χ1v) is 12.8. The molecule has 40 heavy (non-hydrogen) atoms. The van der Waals surface area contributed by atoms with Gasteiger partial charge in [0, 0.05) is 5.56 Å². The molecular formula is C28H26Cl2N4O6. The molecule has 0 aliphatic heterocycles. The van der Waals surface area contributed by atoms with Crippen LogP contribution in [0.2, 0.25) is 10.0 Å². The van der Waals surface area contributed by atoms with Crippen LogP contribution in [0.25, 0.3) is 11.3 Å². The molecule has 4 aromatic rings. The summed E-state index contributed by atoms with van der Waals surface area (Å²) < 4.78 is 12.4. The van der Waals surface area contributed by atoms with Crippen LogP contribution in [0.4, 0.5) is 0 Å². The summed E-state index contributed by atoms with van der Waals surface area (Å²) in [5.41, 5.74) is 3.64. The molecule has 2 aromatic carbocycles. The molecule has 0 amide bonds. The van der Waals surface area contributed by atoms with Crippen LogP contribution in [0.15, 0.2) is 81.2 Å². The Morgan fingerprint density at radius 1 is 1.07 bits per heavy atom. The van der Waals surface area contributed by atoms with Gasteiger partial charge in [0.15, 0.2) is 0 Å². The lowest BCUT2D eigenvalue weighted by Crippen LogP contribution is -2.51. The van der Waals surface area contributed by atoms with Gasteiger partial charge in [0.25, 0.3) is 0 Å². The number of ether oxygens (including phenoxy) is 1. The lowest BCUT2D eigenvalue weighted by Gasteiger charge is -2.31. The Bertz CT molecular complexity index is 1650. The molecule has 0 spiro atoms. The number of carbonyl (C=O) groups excluding carboxylic acids is 2. The number of nitrogens with two attached hydrogens (primary N) is 1. The fourth-order valence-corrected chi connectivity index (χ4v) is 4.10. The van der Waals surface area contributed by atoms with Crippen LogP contribution in [0.5, 0.6) is 5.88 Å². The van der Waals surface area contributed by atoms with E-state index in [0.717, 1.165) is 10.9 Å². The summed E-state index contributed by atoms with van der Waals surface area (Å²) in [7, 11) is 0. The van der Waals surface area contributed by atoms with E-state index in [1.807, 2.05) is 0 Å². The highest BCUT2D eigenvalue weighted by molar-refractivity contribution is 6.42. The van der Waals surface area contributed by atoms with E-state index in [2.05, 4.69) is 5.10 Å². The van der Waals surface area contributed by atoms with Crippen molar-refractivity contribution in [3.05, 3.63) is 98.7 Å². The third-order valence-electron chi connectivity index (χ3n) is 5.73. The van der Waals surface area contributed by atoms with Crippen LogP contribution in [-0.4, -0.2) is 38.0 Å². The van der Waals surface area contributed by atoms with Crippen LogP contribution in [0, 0.1) is 0 Å². The summed E-state index contributed by atoms with van der Waals surface area (Å²) in [6.45, 7) is 5.00. The normalized spacial score (nSPS) is 13.3. The molecule has 0 saturated heterocycles. The van der Waals surface area contributed by atoms with E-state index in [4.69, 9.17) is 38.1 Å². The average Bonchev–Trinajstić information content (AvgIpc) is 3.47. The number of hydrogen-bond acceptors (Lipinski definition) is 8. The minimum Gasteiger partial charge on any atom is -0.493 e. The highest BCUT2D eigenvalue weighted by Gasteiger charge is 2.42. The zero-order valence-corrected chi connectivity index (χ0v) is 23.3. The molecule has 12 heteroatoms. The Morgan fingerprint density at radius 3 is 2.42 bits per heavy atom. The maximum Gasteiger partial charge on any atom is 0.358 e. The van der Waals surface area contributed by atoms with Crippen molar-refractivity contribution in [2.45, 2.75) is 38.3 Å². The van der Waals surface area contributed by atoms with Crippen LogP contribution in [0.3, 0.4) is 0 Å². The number of nitrogens with zero attached hydrogens (tertiary/aromatic N) is 3. The molecule has 0 aliphatic rings. The Morgan fingerprint density at radius 2 is 1.77 bits per heavy atom. The molecule has 0 saturated carbocycles. The van der Waals surface area contributed by atoms with E-state index < -0.39 is 41.0 Å². The van der Waals surface area contributed by atoms with Gasteiger partial charge < -0.3 is 20.0 Å². The first-order valence-electron chi connectivity index (χ1n) is 12.0. The Kier molecular flexibility index (Phi) is 8.06. The van der Waals surface area contributed by atoms with E-state index in [1.165, 1.54) is 6.21 Å². The number of imidazole rings is 1. The molecule has 2 heterocycles. The number of hydrogen-bond donors (Lipinski definition) is 2. The molecule has 208 valence electrons. The fraction of sp³-hybridized carbons (Fsp3) is 0.214. The molecule has 0 aliphatic carbocycles. The van der Waals surface area contributed by atoms with Crippen molar-refractivity contribution >= 4 is 41.3 Å². The predicted octanol–water partition coefficient (Wildman–Crippen LogP) is 5.03. The van der Waals surface area contributed by atoms with Gasteiger partial charge in [-0.25, -0.2) is 9.59 Å². The summed E-state index contributed by atoms with van der Waals surface area (Å²) >= 11 is 12.0. The molecule has 1 unspecified atom stereocenters. The third-order valence-corrected chi connectivity index (χ3v) is 6.46. The molecule has 2 aromatic heterocycles. The third kappa shape index (κ3) is 6.20. The number of aromatic hydroxyl groups is 1. The molecule has 4 rings (SSSR count). The minimum atomic E-state index is -1.93. The van der Waals surface area contributed by atoms with Crippen molar-refractivity contribution in [2.24, 2.45) is 10.8 Å². The van der Waals surface area contributed by atoms with Crippen molar-refractivity contribution in [2.75, 3.05) is 0 Å². The Balaban J connectivity index is 1.59. The SMILES string of the molecule is CC(C)(C)OC(=O)C(N)(CC(=O)n1c(O)cn(N=Cc2ccc(-c3ccc(Cl)c(Cl)c3)o2)c1=O)c1ccccc1. The average molecular weight is 585 g/mol. The molecule has 0 fully saturated rings. The van der Waals surface area contributed by atoms with Crippen LogP contribution in [-0.2, 0) is 15.1 Å². The van der Waals surface area contributed by atoms with Gasteiger partial charge in [-0.05, 0) is 56.7 Å². The van der Waals surface area contributed by atoms with Gasteiger partial charge in [-0.1, -0.05) is 53.5 Å². The second kappa shape index (κ2) is 11.2. The van der Waals surface area contributed by atoms with E-state index in [1.54, 1.807) is 81.4 Å². The van der Waals surface area contributed by atoms with Gasteiger partial charge in [0.05, 0.1) is 28.9 Å². The number of furan rings is 1. The monoisotopic (exact) mass is 584 g/mol. The number of aromatic nitrogens is 2. The Labute approximate surface area is 239 Å². The van der Waals surface area contributed by atoms with Crippen molar-refractivity contribution < 1.29 is 23.8 Å². The standard InChI is InChI=1S/C28H26Cl2N4O6/c1-27(2,3)40-25(37)28(31,18-7-5-4-6-8-18)14-23(35)34-24(36)16-33(26(34)38)32-15-19-10-12-22(39-19)17-9-11-20(29)21(30)13-17/h4-13,15-16,36H,14,31H2,1-3H3. The summed E-state index contributed by atoms with van der Waals surface area (Å²) in [6.07, 6.45) is 1.51. The van der Waals surface area contributed by atoms with Gasteiger partial charge in [-0.3, -0.25) is 4.79 Å². The number of esters is 1. The number of halogens is 2. The van der Waals surface area contributed by atoms with E-state index >= 15 is 0 Å². The lowest BCUT2D eigenvalue weighted by molar-refractivity contribution is -0.162. The van der Waals surface area contributed by atoms with Crippen molar-refractivity contribution in [3.8, 4) is 17.2 Å². The summed E-state index contributed by atoms with van der Waals surface area (Å²) in [6, 6.07) is 16.5. The lowest BCUT2D eigenvalue weighted by atomic mass is 9.87. The fourth-order valence-electron chi connectivity index (χ4n) is 3.80. The smallest absolute Gasteiger partial charge is 0.358 e. The van der Waals surface area contributed by atoms with Gasteiger partial charge in [0.2, 0.25) is 11.8 Å². The van der Waals surface area contributed by atoms with Crippen LogP contribution < -0.4 is 11.4 Å². The highest BCUT2D eigenvalue weighted by Crippen LogP contribution is 2.30. The second-order valence-corrected chi connectivity index (χ2v) is 10.7. The first-order chi connectivity index (χ1) is 18.8. The number of carbonyl (C=O) groups is 2. The zero-order chi connectivity index (χ0) is 29.2. The second-order valence-electron chi connectivity index (χ2n) is 9.94. The minimum absolute atomic E-state index is 0.279. The molecular weight excluding hydrogens is 559 g/mol. The summed E-state index contributed by atoms with van der Waals surface area (Å²) in [4.78, 5) is 39.4. The Hall–Kier alpha value is -4.12. The van der Waals surface area contributed by atoms with Gasteiger partial charge in [0.1, 0.15) is 22.7 Å². The van der Waals surface area contributed by atoms with E-state index in [9.17, 15) is 19.5 Å². The van der Waals surface area contributed by atoms with Gasteiger partial charge in [-0.2, -0.15) is 14.3 Å². The van der Waals surface area contributed by atoms with Gasteiger partial charge >= 0.3 is 11.7 Å². The van der Waals surface area contributed by atoms with E-state index in [0.29, 0.717) is 31.5 Å². The quantitative estimate of drug-likeness (QED) is 0.229. The molecule has 1 atom stereocenters. The highest BCUT2D eigenvalue weighted by atomic mass is 35.5. The van der Waals surface area contributed by atoms with Crippen LogP contribution in [0.1, 0.15) is 43.3 Å². The van der Waals surface area contributed by atoms with Crippen LogP contribution >= 0.6 is 23.2 Å². The van der Waals surface area contributed by atoms with Gasteiger partial charge in [-0.15, -0.1) is 0 Å². The number of rotatable bonds is 7. The molecule has 3 N–H and O–H groups in total. The molecule has 0 bridgehead atoms. The zero-order valence-electron chi connectivity index (χ0n) is 21.8. The number of benzene rings is 2. The summed E-state index contributed by atoms with van der Waals surface area (Å²) in [5.74, 6) is -1.73. The topological polar surface area (TPSA) is 142 Å². The first kappa shape index (κ1) is 28.9.